The SMILES string of the molecule is CCc1cc(CN)c(C)[nH]1. The van der Waals surface area contributed by atoms with Crippen molar-refractivity contribution in [2.24, 2.45) is 5.73 Å². The molecule has 0 saturated heterocycles. The molecule has 1 aromatic heterocycles. The lowest BCUT2D eigenvalue weighted by atomic mass is 10.2. The highest BCUT2D eigenvalue weighted by molar-refractivity contribution is 5.24. The van der Waals surface area contributed by atoms with Crippen LogP contribution in [0, 0.1) is 6.92 Å². The minimum atomic E-state index is 0.641. The molecule has 0 spiro atoms. The standard InChI is InChI=1S/C8H14N2/c1-3-8-4-7(5-9)6(2)10-8/h4,10H,3,5,9H2,1-2H3. The van der Waals surface area contributed by atoms with Crippen molar-refractivity contribution in [1.29, 1.82) is 0 Å². The van der Waals surface area contributed by atoms with Crippen LogP contribution in [0.1, 0.15) is 23.9 Å². The molecule has 2 heteroatoms. The Morgan fingerprint density at radius 1 is 1.60 bits per heavy atom. The Labute approximate surface area is 61.4 Å². The monoisotopic (exact) mass is 138 g/mol. The second-order valence-electron chi connectivity index (χ2n) is 2.50. The van der Waals surface area contributed by atoms with Gasteiger partial charge in [-0.05, 0) is 25.0 Å². The van der Waals surface area contributed by atoms with Gasteiger partial charge >= 0.3 is 0 Å². The van der Waals surface area contributed by atoms with Crippen LogP contribution in [0.4, 0.5) is 0 Å². The van der Waals surface area contributed by atoms with Crippen molar-refractivity contribution in [3.8, 4) is 0 Å². The van der Waals surface area contributed by atoms with Gasteiger partial charge in [-0.3, -0.25) is 0 Å². The van der Waals surface area contributed by atoms with E-state index in [1.165, 1.54) is 17.0 Å². The molecular formula is C8H14N2. The predicted molar refractivity (Wildman–Crippen MR) is 42.8 cm³/mol. The maximum Gasteiger partial charge on any atom is 0.0196 e. The van der Waals surface area contributed by atoms with E-state index < -0.39 is 0 Å². The fraction of sp³-hybridized carbons (Fsp3) is 0.500. The zero-order valence-electron chi connectivity index (χ0n) is 6.57. The van der Waals surface area contributed by atoms with Crippen molar-refractivity contribution in [3.05, 3.63) is 23.0 Å². The van der Waals surface area contributed by atoms with Crippen LogP contribution in [0.5, 0.6) is 0 Å². The first kappa shape index (κ1) is 7.35. The first-order valence-corrected chi connectivity index (χ1v) is 3.65. The molecule has 0 amide bonds. The van der Waals surface area contributed by atoms with E-state index in [4.69, 9.17) is 5.73 Å². The number of aromatic amines is 1. The van der Waals surface area contributed by atoms with Gasteiger partial charge < -0.3 is 10.7 Å². The maximum atomic E-state index is 5.50. The summed E-state index contributed by atoms with van der Waals surface area (Å²) in [4.78, 5) is 3.27. The molecule has 10 heavy (non-hydrogen) atoms. The van der Waals surface area contributed by atoms with Crippen molar-refractivity contribution in [2.45, 2.75) is 26.8 Å². The van der Waals surface area contributed by atoms with Crippen LogP contribution >= 0.6 is 0 Å². The average Bonchev–Trinajstić information content (AvgIpc) is 2.30. The Morgan fingerprint density at radius 3 is 2.60 bits per heavy atom. The van der Waals surface area contributed by atoms with Crippen molar-refractivity contribution in [3.63, 3.8) is 0 Å². The van der Waals surface area contributed by atoms with Gasteiger partial charge in [0.2, 0.25) is 0 Å². The van der Waals surface area contributed by atoms with Crippen molar-refractivity contribution in [2.75, 3.05) is 0 Å². The van der Waals surface area contributed by atoms with Crippen LogP contribution in [-0.4, -0.2) is 4.98 Å². The van der Waals surface area contributed by atoms with Gasteiger partial charge in [-0.15, -0.1) is 0 Å². The minimum absolute atomic E-state index is 0.641. The van der Waals surface area contributed by atoms with E-state index in [0.717, 1.165) is 6.42 Å². The molecule has 1 rings (SSSR count). The van der Waals surface area contributed by atoms with Gasteiger partial charge in [-0.25, -0.2) is 0 Å². The fourth-order valence-electron chi connectivity index (χ4n) is 1.08. The highest BCUT2D eigenvalue weighted by Gasteiger charge is 1.99. The molecule has 0 atom stereocenters. The second-order valence-corrected chi connectivity index (χ2v) is 2.50. The van der Waals surface area contributed by atoms with Gasteiger partial charge in [0.15, 0.2) is 0 Å². The van der Waals surface area contributed by atoms with E-state index in [1.54, 1.807) is 0 Å². The summed E-state index contributed by atoms with van der Waals surface area (Å²) >= 11 is 0. The lowest BCUT2D eigenvalue weighted by Crippen LogP contribution is -1.95. The largest absolute Gasteiger partial charge is 0.362 e. The molecule has 0 unspecified atom stereocenters. The summed E-state index contributed by atoms with van der Waals surface area (Å²) in [6.07, 6.45) is 1.06. The molecule has 0 aliphatic carbocycles. The quantitative estimate of drug-likeness (QED) is 0.636. The number of hydrogen-bond acceptors (Lipinski definition) is 1. The molecule has 0 aliphatic heterocycles. The van der Waals surface area contributed by atoms with E-state index in [1.807, 2.05) is 0 Å². The highest BCUT2D eigenvalue weighted by Crippen LogP contribution is 2.08. The smallest absolute Gasteiger partial charge is 0.0196 e. The van der Waals surface area contributed by atoms with E-state index in [-0.39, 0.29) is 0 Å². The summed E-state index contributed by atoms with van der Waals surface area (Å²) < 4.78 is 0. The zero-order chi connectivity index (χ0) is 7.56. The van der Waals surface area contributed by atoms with Crippen LogP contribution < -0.4 is 5.73 Å². The van der Waals surface area contributed by atoms with E-state index in [9.17, 15) is 0 Å². The molecule has 0 bridgehead atoms. The maximum absolute atomic E-state index is 5.50. The molecule has 0 aliphatic rings. The molecule has 3 N–H and O–H groups in total. The summed E-state index contributed by atoms with van der Waals surface area (Å²) in [5.41, 5.74) is 9.22. The molecular weight excluding hydrogens is 124 g/mol. The third kappa shape index (κ3) is 1.21. The third-order valence-corrected chi connectivity index (χ3v) is 1.78. The molecule has 2 nitrogen and oxygen atoms in total. The van der Waals surface area contributed by atoms with Crippen LogP contribution in [-0.2, 0) is 13.0 Å². The fourth-order valence-corrected chi connectivity index (χ4v) is 1.08. The van der Waals surface area contributed by atoms with Crippen LogP contribution in [0.15, 0.2) is 6.07 Å². The Morgan fingerprint density at radius 2 is 2.30 bits per heavy atom. The summed E-state index contributed by atoms with van der Waals surface area (Å²) in [6.45, 7) is 4.83. The average molecular weight is 138 g/mol. The van der Waals surface area contributed by atoms with Gasteiger partial charge in [-0.1, -0.05) is 6.92 Å². The van der Waals surface area contributed by atoms with E-state index in [2.05, 4.69) is 24.9 Å². The molecule has 56 valence electrons. The summed E-state index contributed by atoms with van der Waals surface area (Å²) in [6, 6.07) is 2.13. The van der Waals surface area contributed by atoms with E-state index in [0.29, 0.717) is 6.54 Å². The normalized spacial score (nSPS) is 10.3. The van der Waals surface area contributed by atoms with E-state index >= 15 is 0 Å². The minimum Gasteiger partial charge on any atom is -0.362 e. The predicted octanol–water partition coefficient (Wildman–Crippen LogP) is 1.34. The van der Waals surface area contributed by atoms with Crippen molar-refractivity contribution in [1.82, 2.24) is 4.98 Å². The number of nitrogens with one attached hydrogen (secondary N) is 1. The molecule has 1 heterocycles. The molecule has 0 fully saturated rings. The van der Waals surface area contributed by atoms with Crippen LogP contribution in [0.25, 0.3) is 0 Å². The lowest BCUT2D eigenvalue weighted by Gasteiger charge is -1.89. The lowest BCUT2D eigenvalue weighted by molar-refractivity contribution is 1.03. The van der Waals surface area contributed by atoms with Gasteiger partial charge in [-0.2, -0.15) is 0 Å². The van der Waals surface area contributed by atoms with Crippen LogP contribution in [0.3, 0.4) is 0 Å². The summed E-state index contributed by atoms with van der Waals surface area (Å²) in [5.74, 6) is 0. The van der Waals surface area contributed by atoms with Gasteiger partial charge in [0.1, 0.15) is 0 Å². The third-order valence-electron chi connectivity index (χ3n) is 1.78. The summed E-state index contributed by atoms with van der Waals surface area (Å²) in [5, 5.41) is 0. The van der Waals surface area contributed by atoms with Gasteiger partial charge in [0.25, 0.3) is 0 Å². The van der Waals surface area contributed by atoms with Crippen molar-refractivity contribution < 1.29 is 0 Å². The van der Waals surface area contributed by atoms with Crippen molar-refractivity contribution >= 4 is 0 Å². The molecule has 0 aromatic carbocycles. The Kier molecular flexibility index (Phi) is 2.12. The Balaban J connectivity index is 2.92. The topological polar surface area (TPSA) is 41.8 Å². The molecule has 0 saturated carbocycles. The molecule has 1 aromatic rings. The highest BCUT2D eigenvalue weighted by atomic mass is 14.7. The number of nitrogens with two attached hydrogens (primary N) is 1. The number of aryl methyl sites for hydroxylation is 2. The first-order valence-electron chi connectivity index (χ1n) is 3.65. The second kappa shape index (κ2) is 2.88. The van der Waals surface area contributed by atoms with Gasteiger partial charge in [0, 0.05) is 17.9 Å². The number of H-pyrrole nitrogens is 1. The van der Waals surface area contributed by atoms with Crippen LogP contribution in [0.2, 0.25) is 0 Å². The summed E-state index contributed by atoms with van der Waals surface area (Å²) in [7, 11) is 0. The first-order chi connectivity index (χ1) is 4.77. The number of hydrogen-bond donors (Lipinski definition) is 2. The molecule has 0 radical (unpaired) electrons. The number of aromatic nitrogens is 1. The Bertz CT molecular complexity index is 213. The Hall–Kier alpha value is -0.760. The van der Waals surface area contributed by atoms with Gasteiger partial charge in [0.05, 0.1) is 0 Å². The number of rotatable bonds is 2. The zero-order valence-corrected chi connectivity index (χ0v) is 6.57.